The van der Waals surface area contributed by atoms with Crippen LogP contribution < -0.4 is 10.1 Å². The molecule has 5 heteroatoms. The summed E-state index contributed by atoms with van der Waals surface area (Å²) < 4.78 is 5.47. The highest BCUT2D eigenvalue weighted by molar-refractivity contribution is 5.32. The van der Waals surface area contributed by atoms with Crippen molar-refractivity contribution in [1.82, 2.24) is 9.97 Å². The zero-order valence-corrected chi connectivity index (χ0v) is 10.9. The smallest absolute Gasteiger partial charge is 0.226 e. The molecule has 0 saturated heterocycles. The van der Waals surface area contributed by atoms with Crippen LogP contribution in [0.2, 0.25) is 0 Å². The summed E-state index contributed by atoms with van der Waals surface area (Å²) in [5.74, 6) is 1.12. The monoisotopic (exact) mass is 251 g/mol. The number of nitrogens with one attached hydrogen (secondary N) is 1. The first-order chi connectivity index (χ1) is 8.78. The maximum Gasteiger partial charge on any atom is 0.226 e. The van der Waals surface area contributed by atoms with E-state index in [2.05, 4.69) is 22.2 Å². The molecule has 1 aliphatic rings. The van der Waals surface area contributed by atoms with Crippen molar-refractivity contribution in [2.24, 2.45) is 0 Å². The van der Waals surface area contributed by atoms with Gasteiger partial charge in [0.2, 0.25) is 11.8 Å². The molecule has 0 amide bonds. The van der Waals surface area contributed by atoms with E-state index in [4.69, 9.17) is 4.74 Å². The maximum absolute atomic E-state index is 9.54. The highest BCUT2D eigenvalue weighted by Crippen LogP contribution is 2.31. The Labute approximate surface area is 108 Å². The van der Waals surface area contributed by atoms with Crippen LogP contribution in [0.15, 0.2) is 12.3 Å². The van der Waals surface area contributed by atoms with Crippen molar-refractivity contribution >= 4 is 5.95 Å². The molecule has 1 fully saturated rings. The number of rotatable bonds is 6. The molecule has 0 unspecified atom stereocenters. The molecule has 0 spiro atoms. The first kappa shape index (κ1) is 13.1. The molecule has 0 bridgehead atoms. The lowest BCUT2D eigenvalue weighted by Crippen LogP contribution is -2.39. The Morgan fingerprint density at radius 3 is 2.89 bits per heavy atom. The lowest BCUT2D eigenvalue weighted by molar-refractivity contribution is 0.213. The number of anilines is 1. The lowest BCUT2D eigenvalue weighted by atomic mass is 9.99. The van der Waals surface area contributed by atoms with Crippen molar-refractivity contribution in [2.75, 3.05) is 18.5 Å². The molecule has 2 rings (SSSR count). The van der Waals surface area contributed by atoms with Gasteiger partial charge in [0, 0.05) is 12.3 Å². The van der Waals surface area contributed by atoms with Gasteiger partial charge in [-0.05, 0) is 19.3 Å². The molecule has 1 aromatic heterocycles. The molecule has 5 nitrogen and oxygen atoms in total. The molecule has 1 aliphatic carbocycles. The lowest BCUT2D eigenvalue weighted by Gasteiger charge is -2.27. The van der Waals surface area contributed by atoms with Gasteiger partial charge in [0.25, 0.3) is 0 Å². The van der Waals surface area contributed by atoms with E-state index < -0.39 is 0 Å². The van der Waals surface area contributed by atoms with Crippen LogP contribution in [0.1, 0.15) is 39.0 Å². The van der Waals surface area contributed by atoms with E-state index in [1.165, 1.54) is 0 Å². The molecule has 18 heavy (non-hydrogen) atoms. The van der Waals surface area contributed by atoms with Gasteiger partial charge in [-0.15, -0.1) is 0 Å². The van der Waals surface area contributed by atoms with Crippen LogP contribution in [-0.4, -0.2) is 33.8 Å². The molecule has 0 atom stereocenters. The summed E-state index contributed by atoms with van der Waals surface area (Å²) in [4.78, 5) is 8.50. The van der Waals surface area contributed by atoms with Crippen LogP contribution in [0.4, 0.5) is 5.95 Å². The second-order valence-electron chi connectivity index (χ2n) is 4.84. The van der Waals surface area contributed by atoms with Gasteiger partial charge in [0.05, 0.1) is 18.8 Å². The molecular weight excluding hydrogens is 230 g/mol. The Hall–Kier alpha value is -1.36. The van der Waals surface area contributed by atoms with Gasteiger partial charge in [-0.1, -0.05) is 19.8 Å². The first-order valence-electron chi connectivity index (χ1n) is 6.63. The van der Waals surface area contributed by atoms with Crippen molar-refractivity contribution in [3.05, 3.63) is 12.3 Å². The normalized spacial score (nSPS) is 17.7. The number of hydrogen-bond acceptors (Lipinski definition) is 5. The van der Waals surface area contributed by atoms with E-state index in [9.17, 15) is 5.11 Å². The minimum absolute atomic E-state index is 0.121. The van der Waals surface area contributed by atoms with Gasteiger partial charge in [0.15, 0.2) is 0 Å². The van der Waals surface area contributed by atoms with Gasteiger partial charge in [0.1, 0.15) is 0 Å². The van der Waals surface area contributed by atoms with Gasteiger partial charge in [-0.25, -0.2) is 4.98 Å². The van der Waals surface area contributed by atoms with Gasteiger partial charge in [-0.2, -0.15) is 4.98 Å². The predicted molar refractivity (Wildman–Crippen MR) is 69.7 cm³/mol. The Balaban J connectivity index is 2.04. The highest BCUT2D eigenvalue weighted by Gasteiger charge is 2.33. The second-order valence-corrected chi connectivity index (χ2v) is 4.84. The highest BCUT2D eigenvalue weighted by atomic mass is 16.5. The third-order valence-electron chi connectivity index (χ3n) is 3.32. The SMILES string of the molecule is CCCOc1ccnc(NC2(CO)CCCC2)n1. The van der Waals surface area contributed by atoms with E-state index in [1.54, 1.807) is 12.3 Å². The molecule has 0 radical (unpaired) electrons. The summed E-state index contributed by atoms with van der Waals surface area (Å²) in [6, 6.07) is 1.75. The van der Waals surface area contributed by atoms with Crippen molar-refractivity contribution < 1.29 is 9.84 Å². The van der Waals surface area contributed by atoms with Crippen molar-refractivity contribution in [1.29, 1.82) is 0 Å². The summed E-state index contributed by atoms with van der Waals surface area (Å²) in [7, 11) is 0. The standard InChI is InChI=1S/C13H21N3O2/c1-2-9-18-11-5-8-14-12(15-11)16-13(10-17)6-3-4-7-13/h5,8,17H,2-4,6-7,9-10H2,1H3,(H,14,15,16). The maximum atomic E-state index is 9.54. The fraction of sp³-hybridized carbons (Fsp3) is 0.692. The van der Waals surface area contributed by atoms with E-state index in [1.807, 2.05) is 0 Å². The predicted octanol–water partition coefficient (Wildman–Crippen LogP) is 1.98. The van der Waals surface area contributed by atoms with Crippen LogP contribution in [0.25, 0.3) is 0 Å². The van der Waals surface area contributed by atoms with Crippen molar-refractivity contribution in [3.8, 4) is 5.88 Å². The fourth-order valence-corrected chi connectivity index (χ4v) is 2.30. The molecule has 100 valence electrons. The van der Waals surface area contributed by atoms with E-state index >= 15 is 0 Å². The summed E-state index contributed by atoms with van der Waals surface area (Å²) >= 11 is 0. The number of aliphatic hydroxyl groups is 1. The van der Waals surface area contributed by atoms with Gasteiger partial charge >= 0.3 is 0 Å². The molecule has 0 aromatic carbocycles. The van der Waals surface area contributed by atoms with Gasteiger partial charge < -0.3 is 15.2 Å². The Morgan fingerprint density at radius 2 is 2.22 bits per heavy atom. The minimum atomic E-state index is -0.247. The topological polar surface area (TPSA) is 67.3 Å². The summed E-state index contributed by atoms with van der Waals surface area (Å²) in [6.45, 7) is 2.83. The molecule has 2 N–H and O–H groups in total. The van der Waals surface area contributed by atoms with Gasteiger partial charge in [-0.3, -0.25) is 0 Å². The zero-order chi connectivity index (χ0) is 12.8. The van der Waals surface area contributed by atoms with Crippen LogP contribution in [0.5, 0.6) is 5.88 Å². The van der Waals surface area contributed by atoms with E-state index in [-0.39, 0.29) is 12.1 Å². The van der Waals surface area contributed by atoms with Crippen LogP contribution >= 0.6 is 0 Å². The number of nitrogens with zero attached hydrogens (tertiary/aromatic N) is 2. The molecular formula is C13H21N3O2. The molecule has 1 saturated carbocycles. The Kier molecular flexibility index (Phi) is 4.36. The van der Waals surface area contributed by atoms with E-state index in [0.717, 1.165) is 32.1 Å². The number of hydrogen-bond donors (Lipinski definition) is 2. The largest absolute Gasteiger partial charge is 0.478 e. The fourth-order valence-electron chi connectivity index (χ4n) is 2.30. The summed E-state index contributed by atoms with van der Waals surface area (Å²) in [5, 5.41) is 12.8. The Morgan fingerprint density at radius 1 is 1.44 bits per heavy atom. The third kappa shape index (κ3) is 3.10. The quantitative estimate of drug-likeness (QED) is 0.809. The molecule has 1 heterocycles. The van der Waals surface area contributed by atoms with Crippen molar-refractivity contribution in [3.63, 3.8) is 0 Å². The first-order valence-corrected chi connectivity index (χ1v) is 6.63. The molecule has 1 aromatic rings. The average molecular weight is 251 g/mol. The minimum Gasteiger partial charge on any atom is -0.478 e. The third-order valence-corrected chi connectivity index (χ3v) is 3.32. The van der Waals surface area contributed by atoms with E-state index in [0.29, 0.717) is 18.4 Å². The molecule has 0 aliphatic heterocycles. The summed E-state index contributed by atoms with van der Waals surface area (Å²) in [6.07, 6.45) is 6.84. The Bertz CT molecular complexity index is 378. The number of ether oxygens (including phenoxy) is 1. The summed E-state index contributed by atoms with van der Waals surface area (Å²) in [5.41, 5.74) is -0.247. The van der Waals surface area contributed by atoms with Crippen LogP contribution in [-0.2, 0) is 0 Å². The zero-order valence-electron chi connectivity index (χ0n) is 10.9. The van der Waals surface area contributed by atoms with Crippen LogP contribution in [0.3, 0.4) is 0 Å². The van der Waals surface area contributed by atoms with Crippen LogP contribution in [0, 0.1) is 0 Å². The second kappa shape index (κ2) is 6.00. The van der Waals surface area contributed by atoms with Crippen molar-refractivity contribution in [2.45, 2.75) is 44.6 Å². The average Bonchev–Trinajstić information content (AvgIpc) is 2.86. The number of aliphatic hydroxyl groups excluding tert-OH is 1. The number of aromatic nitrogens is 2.